The molecule has 112 valence electrons. The summed E-state index contributed by atoms with van der Waals surface area (Å²) in [5, 5.41) is 0. The third-order valence-corrected chi connectivity index (χ3v) is 4.61. The Morgan fingerprint density at radius 2 is 1.95 bits per heavy atom. The van der Waals surface area contributed by atoms with Gasteiger partial charge in [0.2, 0.25) is 0 Å². The predicted octanol–water partition coefficient (Wildman–Crippen LogP) is 4.23. The van der Waals surface area contributed by atoms with Crippen molar-refractivity contribution in [1.29, 1.82) is 0 Å². The summed E-state index contributed by atoms with van der Waals surface area (Å²) in [7, 11) is 1.60. The Balaban J connectivity index is 1.96. The predicted molar refractivity (Wildman–Crippen MR) is 74.8 cm³/mol. The van der Waals surface area contributed by atoms with Crippen LogP contribution in [0.25, 0.3) is 0 Å². The quantitative estimate of drug-likeness (QED) is 0.807. The average molecular weight is 352 g/mol. The van der Waals surface area contributed by atoms with Gasteiger partial charge in [0.05, 0.1) is 17.5 Å². The summed E-state index contributed by atoms with van der Waals surface area (Å²) < 4.78 is 43.9. The van der Waals surface area contributed by atoms with Crippen molar-refractivity contribution in [3.05, 3.63) is 28.2 Å². The maximum absolute atomic E-state index is 12.6. The number of piperidine rings is 1. The third-order valence-electron chi connectivity index (χ3n) is 3.71. The van der Waals surface area contributed by atoms with Crippen LogP contribution in [-0.2, 0) is 6.54 Å². The fourth-order valence-electron chi connectivity index (χ4n) is 2.50. The number of rotatable bonds is 3. The van der Waals surface area contributed by atoms with Crippen LogP contribution in [0.1, 0.15) is 18.4 Å². The van der Waals surface area contributed by atoms with Gasteiger partial charge >= 0.3 is 6.18 Å². The van der Waals surface area contributed by atoms with E-state index < -0.39 is 12.1 Å². The topological polar surface area (TPSA) is 12.5 Å². The smallest absolute Gasteiger partial charge is 0.391 e. The SMILES string of the molecule is COc1cccc(CN2CCC(C(F)(F)F)CC2)c1Br. The van der Waals surface area contributed by atoms with Crippen LogP contribution in [0.5, 0.6) is 5.75 Å². The van der Waals surface area contributed by atoms with Gasteiger partial charge in [0.15, 0.2) is 0 Å². The van der Waals surface area contributed by atoms with E-state index in [1.807, 2.05) is 18.2 Å². The Labute approximate surface area is 125 Å². The molecule has 6 heteroatoms. The molecule has 0 aromatic heterocycles. The van der Waals surface area contributed by atoms with Crippen LogP contribution in [0, 0.1) is 5.92 Å². The molecule has 1 aliphatic heterocycles. The van der Waals surface area contributed by atoms with Crippen molar-refractivity contribution in [2.75, 3.05) is 20.2 Å². The Kier molecular flexibility index (Phi) is 4.96. The highest BCUT2D eigenvalue weighted by Gasteiger charge is 2.40. The molecule has 0 saturated carbocycles. The van der Waals surface area contributed by atoms with E-state index in [1.54, 1.807) is 7.11 Å². The standard InChI is InChI=1S/C14H17BrF3NO/c1-20-12-4-2-3-10(13(12)15)9-19-7-5-11(6-8-19)14(16,17)18/h2-4,11H,5-9H2,1H3. The lowest BCUT2D eigenvalue weighted by Gasteiger charge is -2.33. The maximum Gasteiger partial charge on any atom is 0.391 e. The van der Waals surface area contributed by atoms with Crippen LogP contribution in [0.4, 0.5) is 13.2 Å². The minimum absolute atomic E-state index is 0.186. The second-order valence-electron chi connectivity index (χ2n) is 5.03. The van der Waals surface area contributed by atoms with Crippen LogP contribution < -0.4 is 4.74 Å². The van der Waals surface area contributed by atoms with E-state index in [0.717, 1.165) is 15.8 Å². The molecule has 0 atom stereocenters. The second-order valence-corrected chi connectivity index (χ2v) is 5.82. The molecule has 1 aromatic carbocycles. The van der Waals surface area contributed by atoms with Crippen LogP contribution in [-0.4, -0.2) is 31.3 Å². The monoisotopic (exact) mass is 351 g/mol. The zero-order chi connectivity index (χ0) is 14.8. The van der Waals surface area contributed by atoms with Gasteiger partial charge in [0.1, 0.15) is 5.75 Å². The molecule has 20 heavy (non-hydrogen) atoms. The summed E-state index contributed by atoms with van der Waals surface area (Å²) in [5.74, 6) is -0.403. The highest BCUT2D eigenvalue weighted by molar-refractivity contribution is 9.10. The maximum atomic E-state index is 12.6. The van der Waals surface area contributed by atoms with Crippen molar-refractivity contribution in [3.8, 4) is 5.75 Å². The number of alkyl halides is 3. The Bertz CT molecular complexity index is 456. The molecule has 0 amide bonds. The number of hydrogen-bond donors (Lipinski definition) is 0. The van der Waals surface area contributed by atoms with Gasteiger partial charge in [0, 0.05) is 6.54 Å². The lowest BCUT2D eigenvalue weighted by molar-refractivity contribution is -0.185. The fraction of sp³-hybridized carbons (Fsp3) is 0.571. The third kappa shape index (κ3) is 3.67. The van der Waals surface area contributed by atoms with E-state index in [9.17, 15) is 13.2 Å². The number of likely N-dealkylation sites (tertiary alicyclic amines) is 1. The van der Waals surface area contributed by atoms with E-state index >= 15 is 0 Å². The van der Waals surface area contributed by atoms with E-state index in [0.29, 0.717) is 19.6 Å². The lowest BCUT2D eigenvalue weighted by Crippen LogP contribution is -2.38. The zero-order valence-corrected chi connectivity index (χ0v) is 12.8. The first kappa shape index (κ1) is 15.6. The molecule has 2 nitrogen and oxygen atoms in total. The molecule has 0 bridgehead atoms. The number of ether oxygens (including phenoxy) is 1. The second kappa shape index (κ2) is 6.35. The summed E-state index contributed by atoms with van der Waals surface area (Å²) in [5.41, 5.74) is 1.04. The molecule has 2 rings (SSSR count). The molecule has 0 aliphatic carbocycles. The normalized spacial score (nSPS) is 18.2. The first-order valence-corrected chi connectivity index (χ1v) is 7.31. The van der Waals surface area contributed by atoms with Gasteiger partial charge in [-0.3, -0.25) is 4.90 Å². The molecule has 0 radical (unpaired) electrons. The molecule has 1 heterocycles. The Hall–Kier alpha value is -0.750. The Morgan fingerprint density at radius 1 is 1.30 bits per heavy atom. The van der Waals surface area contributed by atoms with Gasteiger partial charge in [-0.2, -0.15) is 13.2 Å². The first-order chi connectivity index (χ1) is 9.41. The summed E-state index contributed by atoms with van der Waals surface area (Å²) >= 11 is 3.48. The van der Waals surface area contributed by atoms with Gasteiger partial charge in [-0.15, -0.1) is 0 Å². The van der Waals surface area contributed by atoms with Gasteiger partial charge in [-0.25, -0.2) is 0 Å². The van der Waals surface area contributed by atoms with Crippen molar-refractivity contribution < 1.29 is 17.9 Å². The molecule has 1 aromatic rings. The number of hydrogen-bond acceptors (Lipinski definition) is 2. The fourth-order valence-corrected chi connectivity index (χ4v) is 3.05. The number of methoxy groups -OCH3 is 1. The van der Waals surface area contributed by atoms with Crippen molar-refractivity contribution >= 4 is 15.9 Å². The van der Waals surface area contributed by atoms with E-state index in [-0.39, 0.29) is 12.8 Å². The van der Waals surface area contributed by atoms with Gasteiger partial charge in [-0.05, 0) is 53.5 Å². The van der Waals surface area contributed by atoms with Crippen molar-refractivity contribution in [2.24, 2.45) is 5.92 Å². The first-order valence-electron chi connectivity index (χ1n) is 6.52. The minimum Gasteiger partial charge on any atom is -0.496 e. The molecule has 0 N–H and O–H groups in total. The Morgan fingerprint density at radius 3 is 2.50 bits per heavy atom. The molecule has 1 aliphatic rings. The molecule has 0 spiro atoms. The number of halogens is 4. The molecule has 1 saturated heterocycles. The summed E-state index contributed by atoms with van der Waals surface area (Å²) in [6, 6.07) is 5.70. The van der Waals surface area contributed by atoms with E-state index in [1.165, 1.54) is 0 Å². The number of nitrogens with zero attached hydrogens (tertiary/aromatic N) is 1. The molecular weight excluding hydrogens is 335 g/mol. The highest BCUT2D eigenvalue weighted by atomic mass is 79.9. The van der Waals surface area contributed by atoms with E-state index in [4.69, 9.17) is 4.74 Å². The molecule has 1 fully saturated rings. The summed E-state index contributed by atoms with van der Waals surface area (Å²) in [4.78, 5) is 2.06. The van der Waals surface area contributed by atoms with Crippen LogP contribution >= 0.6 is 15.9 Å². The van der Waals surface area contributed by atoms with E-state index in [2.05, 4.69) is 20.8 Å². The largest absolute Gasteiger partial charge is 0.496 e. The summed E-state index contributed by atoms with van der Waals surface area (Å²) in [6.07, 6.45) is -3.68. The van der Waals surface area contributed by atoms with Crippen molar-refractivity contribution in [3.63, 3.8) is 0 Å². The summed E-state index contributed by atoms with van der Waals surface area (Å²) in [6.45, 7) is 1.60. The van der Waals surface area contributed by atoms with Crippen LogP contribution in [0.2, 0.25) is 0 Å². The highest BCUT2D eigenvalue weighted by Crippen LogP contribution is 2.35. The number of benzene rings is 1. The van der Waals surface area contributed by atoms with Gasteiger partial charge in [0.25, 0.3) is 0 Å². The van der Waals surface area contributed by atoms with Crippen LogP contribution in [0.3, 0.4) is 0 Å². The van der Waals surface area contributed by atoms with Gasteiger partial charge < -0.3 is 4.74 Å². The molecule has 0 unspecified atom stereocenters. The van der Waals surface area contributed by atoms with Crippen LogP contribution in [0.15, 0.2) is 22.7 Å². The lowest BCUT2D eigenvalue weighted by atomic mass is 9.96. The average Bonchev–Trinajstić information content (AvgIpc) is 2.41. The van der Waals surface area contributed by atoms with Crippen molar-refractivity contribution in [1.82, 2.24) is 4.90 Å². The van der Waals surface area contributed by atoms with Gasteiger partial charge in [-0.1, -0.05) is 12.1 Å². The van der Waals surface area contributed by atoms with Crippen molar-refractivity contribution in [2.45, 2.75) is 25.6 Å². The minimum atomic E-state index is -4.05. The molecular formula is C14H17BrF3NO. The zero-order valence-electron chi connectivity index (χ0n) is 11.2.